The molecular weight excluding hydrogens is 318 g/mol. The number of nitrogens with one attached hydrogen (secondary N) is 1. The molecule has 0 aromatic heterocycles. The minimum absolute atomic E-state index is 0.00359. The van der Waals surface area contributed by atoms with E-state index in [1.807, 2.05) is 24.3 Å². The Bertz CT molecular complexity index is 782. The van der Waals surface area contributed by atoms with Gasteiger partial charge in [-0.2, -0.15) is 0 Å². The van der Waals surface area contributed by atoms with Crippen molar-refractivity contribution < 1.29 is 19.1 Å². The van der Waals surface area contributed by atoms with Crippen molar-refractivity contribution >= 4 is 12.1 Å². The first-order valence-corrected chi connectivity index (χ1v) is 7.99. The van der Waals surface area contributed by atoms with Crippen molar-refractivity contribution in [1.29, 1.82) is 0 Å². The number of esters is 1. The summed E-state index contributed by atoms with van der Waals surface area (Å²) in [6.45, 7) is 4.97. The first kappa shape index (κ1) is 16.8. The number of rotatable bonds is 5. The van der Waals surface area contributed by atoms with Gasteiger partial charge in [0.1, 0.15) is 6.61 Å². The number of fused-ring (bicyclic) bond motifs is 3. The third-order valence-corrected chi connectivity index (χ3v) is 4.11. The van der Waals surface area contributed by atoms with Crippen molar-refractivity contribution in [3.8, 4) is 11.1 Å². The van der Waals surface area contributed by atoms with Gasteiger partial charge in [0.15, 0.2) is 6.73 Å². The molecule has 0 bridgehead atoms. The minimum atomic E-state index is -0.628. The summed E-state index contributed by atoms with van der Waals surface area (Å²) in [4.78, 5) is 23.1. The summed E-state index contributed by atoms with van der Waals surface area (Å²) in [6.07, 6.45) is -0.628. The van der Waals surface area contributed by atoms with E-state index in [-0.39, 0.29) is 24.8 Å². The molecule has 0 unspecified atom stereocenters. The molecule has 0 saturated heterocycles. The number of benzene rings is 2. The second-order valence-electron chi connectivity index (χ2n) is 5.86. The highest BCUT2D eigenvalue weighted by molar-refractivity contribution is 5.87. The van der Waals surface area contributed by atoms with Crippen LogP contribution in [0.2, 0.25) is 0 Å². The normalized spacial score (nSPS) is 12.0. The smallest absolute Gasteiger partial charge is 0.409 e. The van der Waals surface area contributed by atoms with Crippen LogP contribution in [0.3, 0.4) is 0 Å². The Hall–Kier alpha value is -3.08. The van der Waals surface area contributed by atoms with Gasteiger partial charge in [0.2, 0.25) is 0 Å². The van der Waals surface area contributed by atoms with Crippen molar-refractivity contribution in [2.75, 3.05) is 13.3 Å². The Balaban J connectivity index is 1.61. The molecule has 0 fully saturated rings. The zero-order valence-electron chi connectivity index (χ0n) is 14.0. The minimum Gasteiger partial charge on any atom is -0.448 e. The molecule has 1 amide bonds. The van der Waals surface area contributed by atoms with E-state index in [2.05, 4.69) is 36.2 Å². The van der Waals surface area contributed by atoms with Crippen molar-refractivity contribution in [1.82, 2.24) is 5.32 Å². The van der Waals surface area contributed by atoms with Crippen molar-refractivity contribution in [2.24, 2.45) is 0 Å². The maximum atomic E-state index is 11.8. The monoisotopic (exact) mass is 337 g/mol. The SMILES string of the molecule is C=C(C)C(=O)OCNC(=O)OCC1c2ccccc2-c2ccccc21. The molecule has 25 heavy (non-hydrogen) atoms. The molecule has 0 aliphatic heterocycles. The lowest BCUT2D eigenvalue weighted by Crippen LogP contribution is -2.29. The summed E-state index contributed by atoms with van der Waals surface area (Å²) in [6, 6.07) is 16.2. The van der Waals surface area contributed by atoms with Gasteiger partial charge in [0.05, 0.1) is 0 Å². The Morgan fingerprint density at radius 2 is 1.56 bits per heavy atom. The summed E-state index contributed by atoms with van der Waals surface area (Å²) in [7, 11) is 0. The van der Waals surface area contributed by atoms with Crippen molar-refractivity contribution in [3.05, 3.63) is 71.8 Å². The van der Waals surface area contributed by atoms with E-state index in [9.17, 15) is 9.59 Å². The molecule has 1 aliphatic rings. The maximum absolute atomic E-state index is 11.8. The predicted octanol–water partition coefficient (Wildman–Crippen LogP) is 3.60. The highest BCUT2D eigenvalue weighted by Crippen LogP contribution is 2.44. The highest BCUT2D eigenvalue weighted by Gasteiger charge is 2.28. The molecule has 3 rings (SSSR count). The molecular formula is C20H19NO4. The van der Waals surface area contributed by atoms with Gasteiger partial charge < -0.3 is 9.47 Å². The van der Waals surface area contributed by atoms with Crippen LogP contribution >= 0.6 is 0 Å². The number of hydrogen-bond acceptors (Lipinski definition) is 4. The Morgan fingerprint density at radius 1 is 1.00 bits per heavy atom. The molecule has 0 radical (unpaired) electrons. The molecule has 2 aromatic carbocycles. The van der Waals surface area contributed by atoms with Crippen LogP contribution in [0.1, 0.15) is 24.0 Å². The van der Waals surface area contributed by atoms with Gasteiger partial charge in [0, 0.05) is 11.5 Å². The first-order chi connectivity index (χ1) is 12.1. The van der Waals surface area contributed by atoms with E-state index in [0.717, 1.165) is 11.1 Å². The molecule has 0 spiro atoms. The number of amides is 1. The predicted molar refractivity (Wildman–Crippen MR) is 94.0 cm³/mol. The number of hydrogen-bond donors (Lipinski definition) is 1. The quantitative estimate of drug-likeness (QED) is 0.514. The van der Waals surface area contributed by atoms with E-state index in [1.54, 1.807) is 0 Å². The second-order valence-corrected chi connectivity index (χ2v) is 5.86. The van der Waals surface area contributed by atoms with E-state index in [0.29, 0.717) is 0 Å². The summed E-state index contributed by atoms with van der Waals surface area (Å²) >= 11 is 0. The van der Waals surface area contributed by atoms with Crippen LogP contribution < -0.4 is 5.32 Å². The zero-order chi connectivity index (χ0) is 17.8. The van der Waals surface area contributed by atoms with E-state index in [1.165, 1.54) is 18.1 Å². The number of ether oxygens (including phenoxy) is 2. The van der Waals surface area contributed by atoms with Crippen LogP contribution in [0.15, 0.2) is 60.7 Å². The van der Waals surface area contributed by atoms with Crippen LogP contribution in [-0.4, -0.2) is 25.4 Å². The van der Waals surface area contributed by atoms with E-state index < -0.39 is 12.1 Å². The number of alkyl carbamates (subject to hydrolysis) is 1. The molecule has 5 nitrogen and oxygen atoms in total. The fourth-order valence-corrected chi connectivity index (χ4v) is 2.93. The second kappa shape index (κ2) is 7.21. The summed E-state index contributed by atoms with van der Waals surface area (Å²) in [5, 5.41) is 2.40. The third-order valence-electron chi connectivity index (χ3n) is 4.11. The summed E-state index contributed by atoms with van der Waals surface area (Å²) in [5.74, 6) is -0.560. The lowest BCUT2D eigenvalue weighted by atomic mass is 9.98. The van der Waals surface area contributed by atoms with Crippen LogP contribution in [0.4, 0.5) is 4.79 Å². The summed E-state index contributed by atoms with van der Waals surface area (Å²) in [5.41, 5.74) is 4.90. The lowest BCUT2D eigenvalue weighted by molar-refractivity contribution is -0.139. The Labute approximate surface area is 146 Å². The van der Waals surface area contributed by atoms with Gasteiger partial charge in [-0.15, -0.1) is 0 Å². The molecule has 0 heterocycles. The molecule has 1 aliphatic carbocycles. The first-order valence-electron chi connectivity index (χ1n) is 7.99. The molecule has 0 saturated carbocycles. The van der Waals surface area contributed by atoms with Gasteiger partial charge in [-0.1, -0.05) is 55.1 Å². The standard InChI is InChI=1S/C20H19NO4/c1-13(2)19(22)25-12-21-20(23)24-11-18-16-9-5-3-7-14(16)15-8-4-6-10-17(15)18/h3-10,18H,1,11-12H2,2H3,(H,21,23). The highest BCUT2D eigenvalue weighted by atomic mass is 16.6. The van der Waals surface area contributed by atoms with Crippen molar-refractivity contribution in [3.63, 3.8) is 0 Å². The maximum Gasteiger partial charge on any atom is 0.409 e. The number of carbonyl (C=O) groups is 2. The zero-order valence-corrected chi connectivity index (χ0v) is 14.0. The lowest BCUT2D eigenvalue weighted by Gasteiger charge is -2.14. The fourth-order valence-electron chi connectivity index (χ4n) is 2.93. The van der Waals surface area contributed by atoms with E-state index >= 15 is 0 Å². The molecule has 1 N–H and O–H groups in total. The van der Waals surface area contributed by atoms with Gasteiger partial charge in [-0.3, -0.25) is 5.32 Å². The van der Waals surface area contributed by atoms with Gasteiger partial charge in [0.25, 0.3) is 0 Å². The Kier molecular flexibility index (Phi) is 4.84. The molecule has 128 valence electrons. The molecule has 0 atom stereocenters. The van der Waals surface area contributed by atoms with Crippen LogP contribution in [0, 0.1) is 0 Å². The number of carbonyl (C=O) groups excluding carboxylic acids is 2. The van der Waals surface area contributed by atoms with Gasteiger partial charge in [-0.25, -0.2) is 9.59 Å². The Morgan fingerprint density at radius 3 is 2.12 bits per heavy atom. The topological polar surface area (TPSA) is 64.6 Å². The van der Waals surface area contributed by atoms with E-state index in [4.69, 9.17) is 9.47 Å². The van der Waals surface area contributed by atoms with Crippen molar-refractivity contribution in [2.45, 2.75) is 12.8 Å². The van der Waals surface area contributed by atoms with Gasteiger partial charge in [-0.05, 0) is 29.2 Å². The van der Waals surface area contributed by atoms with Crippen LogP contribution in [-0.2, 0) is 14.3 Å². The average molecular weight is 337 g/mol. The molecule has 2 aromatic rings. The van der Waals surface area contributed by atoms with Gasteiger partial charge >= 0.3 is 12.1 Å². The summed E-state index contributed by atoms with van der Waals surface area (Å²) < 4.78 is 10.1. The van der Waals surface area contributed by atoms with Crippen LogP contribution in [0.5, 0.6) is 0 Å². The van der Waals surface area contributed by atoms with Crippen LogP contribution in [0.25, 0.3) is 11.1 Å². The fraction of sp³-hybridized carbons (Fsp3) is 0.200. The third kappa shape index (κ3) is 3.55. The average Bonchev–Trinajstić information content (AvgIpc) is 2.94. The largest absolute Gasteiger partial charge is 0.448 e. The molecule has 5 heteroatoms.